The highest BCUT2D eigenvalue weighted by molar-refractivity contribution is 5.86. The number of carbonyl (C=O) groups is 1. The smallest absolute Gasteiger partial charge is 0.347 e. The molecule has 1 aliphatic heterocycles. The summed E-state index contributed by atoms with van der Waals surface area (Å²) in [4.78, 5) is 22.6. The summed E-state index contributed by atoms with van der Waals surface area (Å²) in [6.45, 7) is 9.10. The topological polar surface area (TPSA) is 51.2 Å². The number of nitrogens with one attached hydrogen (secondary N) is 1. The quantitative estimate of drug-likeness (QED) is 0.498. The van der Waals surface area contributed by atoms with Gasteiger partial charge in [-0.25, -0.2) is 4.99 Å². The predicted molar refractivity (Wildman–Crippen MR) is 117 cm³/mol. The van der Waals surface area contributed by atoms with Gasteiger partial charge in [-0.15, -0.1) is 0 Å². The molecule has 0 bridgehead atoms. The molecule has 0 aliphatic carbocycles. The van der Waals surface area contributed by atoms with Crippen LogP contribution in [0.2, 0.25) is 0 Å². The maximum atomic E-state index is 13.0. The summed E-state index contributed by atoms with van der Waals surface area (Å²) >= 11 is 0. The van der Waals surface area contributed by atoms with Crippen LogP contribution in [0, 0.1) is 5.92 Å². The van der Waals surface area contributed by atoms with Gasteiger partial charge >= 0.3 is 6.18 Å². The fourth-order valence-corrected chi connectivity index (χ4v) is 3.61. The number of hydrogen-bond acceptors (Lipinski definition) is 3. The molecular formula is C22H34F3N5O. The molecule has 1 saturated heterocycles. The van der Waals surface area contributed by atoms with E-state index in [1.165, 1.54) is 11.0 Å². The minimum absolute atomic E-state index is 0.0889. The highest BCUT2D eigenvalue weighted by Gasteiger charge is 2.30. The Bertz CT molecular complexity index is 747. The molecule has 0 aromatic heterocycles. The molecule has 0 radical (unpaired) electrons. The molecule has 1 atom stereocenters. The van der Waals surface area contributed by atoms with E-state index in [1.807, 2.05) is 0 Å². The van der Waals surface area contributed by atoms with Crippen LogP contribution < -0.4 is 5.32 Å². The maximum Gasteiger partial charge on any atom is 0.416 e. The van der Waals surface area contributed by atoms with Crippen molar-refractivity contribution in [3.05, 3.63) is 35.4 Å². The molecule has 0 saturated carbocycles. The third-order valence-electron chi connectivity index (χ3n) is 5.56. The lowest BCUT2D eigenvalue weighted by Gasteiger charge is -2.25. The van der Waals surface area contributed by atoms with E-state index in [9.17, 15) is 18.0 Å². The number of halogens is 3. The first-order valence-corrected chi connectivity index (χ1v) is 10.8. The number of benzene rings is 1. The molecule has 1 heterocycles. The van der Waals surface area contributed by atoms with Gasteiger partial charge in [0.15, 0.2) is 5.96 Å². The fraction of sp³-hybridized carbons (Fsp3) is 0.636. The standard InChI is InChI=1S/C22H34F3N5O/c1-5-29(6-2)15-18-10-11-30(16-18)21(27-14-20(31)28(3)4)26-13-17-8-7-9-19(12-17)22(23,24)25/h7-9,12,18H,5-6,10-11,13-16H2,1-4H3,(H,26,27). The highest BCUT2D eigenvalue weighted by Crippen LogP contribution is 2.29. The largest absolute Gasteiger partial charge is 0.416 e. The SMILES string of the molecule is CCN(CC)CC1CCN(C(=NCc2cccc(C(F)(F)F)c2)NCC(=O)N(C)C)C1. The number of likely N-dealkylation sites (tertiary alicyclic amines) is 1. The number of rotatable bonds is 8. The van der Waals surface area contributed by atoms with Gasteiger partial charge in [-0.2, -0.15) is 13.2 Å². The number of amides is 1. The van der Waals surface area contributed by atoms with E-state index in [1.54, 1.807) is 20.2 Å². The third-order valence-corrected chi connectivity index (χ3v) is 5.56. The first-order chi connectivity index (χ1) is 14.6. The Labute approximate surface area is 183 Å². The molecule has 1 aromatic rings. The number of hydrogen-bond donors (Lipinski definition) is 1. The number of carbonyl (C=O) groups excluding carboxylic acids is 1. The molecule has 1 unspecified atom stereocenters. The Morgan fingerprint density at radius 1 is 1.26 bits per heavy atom. The van der Waals surface area contributed by atoms with E-state index in [0.717, 1.165) is 51.3 Å². The number of alkyl halides is 3. The van der Waals surface area contributed by atoms with Gasteiger partial charge in [0.2, 0.25) is 5.91 Å². The van der Waals surface area contributed by atoms with Crippen molar-refractivity contribution in [2.75, 3.05) is 53.4 Å². The zero-order valence-electron chi connectivity index (χ0n) is 18.9. The molecule has 6 nitrogen and oxygen atoms in total. The van der Waals surface area contributed by atoms with E-state index in [2.05, 4.69) is 34.0 Å². The van der Waals surface area contributed by atoms with Crippen molar-refractivity contribution in [2.24, 2.45) is 10.9 Å². The van der Waals surface area contributed by atoms with Crippen molar-refractivity contribution >= 4 is 11.9 Å². The van der Waals surface area contributed by atoms with Gasteiger partial charge in [0.25, 0.3) is 0 Å². The Morgan fingerprint density at radius 2 is 1.97 bits per heavy atom. The van der Waals surface area contributed by atoms with Crippen LogP contribution in [0.5, 0.6) is 0 Å². The summed E-state index contributed by atoms with van der Waals surface area (Å²) in [6.07, 6.45) is -3.37. The predicted octanol–water partition coefficient (Wildman–Crippen LogP) is 2.90. The van der Waals surface area contributed by atoms with Crippen LogP contribution in [0.15, 0.2) is 29.3 Å². The Kier molecular flexibility index (Phi) is 9.15. The average molecular weight is 442 g/mol. The van der Waals surface area contributed by atoms with E-state index in [-0.39, 0.29) is 19.0 Å². The van der Waals surface area contributed by atoms with Gasteiger partial charge in [0.1, 0.15) is 0 Å². The van der Waals surface area contributed by atoms with Gasteiger partial charge in [-0.3, -0.25) is 4.79 Å². The lowest BCUT2D eigenvalue weighted by atomic mass is 10.1. The van der Waals surface area contributed by atoms with Crippen molar-refractivity contribution in [2.45, 2.75) is 33.0 Å². The summed E-state index contributed by atoms with van der Waals surface area (Å²) < 4.78 is 39.0. The summed E-state index contributed by atoms with van der Waals surface area (Å²) in [5.74, 6) is 0.963. The highest BCUT2D eigenvalue weighted by atomic mass is 19.4. The molecule has 2 rings (SSSR count). The number of guanidine groups is 1. The van der Waals surface area contributed by atoms with E-state index < -0.39 is 11.7 Å². The van der Waals surface area contributed by atoms with Crippen LogP contribution in [0.4, 0.5) is 13.2 Å². The van der Waals surface area contributed by atoms with Crippen molar-refractivity contribution < 1.29 is 18.0 Å². The molecule has 174 valence electrons. The van der Waals surface area contributed by atoms with E-state index >= 15 is 0 Å². The number of likely N-dealkylation sites (N-methyl/N-ethyl adjacent to an activating group) is 1. The lowest BCUT2D eigenvalue weighted by Crippen LogP contribution is -2.45. The second kappa shape index (κ2) is 11.4. The fourth-order valence-electron chi connectivity index (χ4n) is 3.61. The zero-order valence-corrected chi connectivity index (χ0v) is 18.9. The third kappa shape index (κ3) is 7.72. The second-order valence-corrected chi connectivity index (χ2v) is 8.07. The first-order valence-electron chi connectivity index (χ1n) is 10.8. The van der Waals surface area contributed by atoms with Crippen LogP contribution in [0.1, 0.15) is 31.4 Å². The van der Waals surface area contributed by atoms with Gasteiger partial charge in [0.05, 0.1) is 18.7 Å². The monoisotopic (exact) mass is 441 g/mol. The van der Waals surface area contributed by atoms with Crippen molar-refractivity contribution in [3.8, 4) is 0 Å². The second-order valence-electron chi connectivity index (χ2n) is 8.07. The van der Waals surface area contributed by atoms with Gasteiger partial charge < -0.3 is 20.0 Å². The van der Waals surface area contributed by atoms with Gasteiger partial charge in [0, 0.05) is 33.7 Å². The van der Waals surface area contributed by atoms with Crippen LogP contribution >= 0.6 is 0 Å². The zero-order chi connectivity index (χ0) is 23.0. The van der Waals surface area contributed by atoms with Crippen molar-refractivity contribution in [3.63, 3.8) is 0 Å². The van der Waals surface area contributed by atoms with Crippen LogP contribution in [-0.2, 0) is 17.5 Å². The molecule has 1 N–H and O–H groups in total. The normalized spacial score (nSPS) is 17.4. The average Bonchev–Trinajstić information content (AvgIpc) is 3.19. The molecular weight excluding hydrogens is 407 g/mol. The molecule has 1 fully saturated rings. The Morgan fingerprint density at radius 3 is 2.58 bits per heavy atom. The summed E-state index contributed by atoms with van der Waals surface area (Å²) in [6, 6.07) is 5.21. The van der Waals surface area contributed by atoms with Crippen LogP contribution in [-0.4, -0.2) is 79.9 Å². The lowest BCUT2D eigenvalue weighted by molar-refractivity contribution is -0.137. The molecule has 1 aromatic carbocycles. The van der Waals surface area contributed by atoms with Crippen LogP contribution in [0.25, 0.3) is 0 Å². The van der Waals surface area contributed by atoms with E-state index in [0.29, 0.717) is 17.4 Å². The maximum absolute atomic E-state index is 13.0. The summed E-state index contributed by atoms with van der Waals surface area (Å²) in [7, 11) is 3.36. The van der Waals surface area contributed by atoms with Crippen molar-refractivity contribution in [1.29, 1.82) is 0 Å². The minimum Gasteiger partial charge on any atom is -0.347 e. The summed E-state index contributed by atoms with van der Waals surface area (Å²) in [5.41, 5.74) is -0.204. The minimum atomic E-state index is -4.38. The number of nitrogens with zero attached hydrogens (tertiary/aromatic N) is 4. The Balaban J connectivity index is 2.12. The molecule has 1 aliphatic rings. The van der Waals surface area contributed by atoms with Gasteiger partial charge in [-0.05, 0) is 43.1 Å². The van der Waals surface area contributed by atoms with Crippen LogP contribution in [0.3, 0.4) is 0 Å². The molecule has 31 heavy (non-hydrogen) atoms. The molecule has 0 spiro atoms. The van der Waals surface area contributed by atoms with E-state index in [4.69, 9.17) is 0 Å². The van der Waals surface area contributed by atoms with Gasteiger partial charge in [-0.1, -0.05) is 26.0 Å². The molecule has 1 amide bonds. The molecule has 9 heteroatoms. The number of aliphatic imine (C=N–C) groups is 1. The first kappa shape index (κ1) is 25.0. The Hall–Kier alpha value is -2.29. The van der Waals surface area contributed by atoms with Crippen molar-refractivity contribution in [1.82, 2.24) is 20.0 Å². The summed E-state index contributed by atoms with van der Waals surface area (Å²) in [5, 5.41) is 3.11.